The standard InChI is InChI=1S/C13H14N6O/c14-7-6-12(20)16-13-11(8-15)17-18-19(13)9-10-4-2-1-3-5-10/h1-5H,6-7,9,14H2,(H,16,20). The fraction of sp³-hybridized carbons (Fsp3) is 0.231. The monoisotopic (exact) mass is 270 g/mol. The van der Waals surface area contributed by atoms with Crippen molar-refractivity contribution in [3.8, 4) is 6.07 Å². The van der Waals surface area contributed by atoms with Crippen molar-refractivity contribution in [1.82, 2.24) is 15.0 Å². The molecule has 0 spiro atoms. The first-order chi connectivity index (χ1) is 9.74. The normalized spacial score (nSPS) is 10.0. The number of aromatic nitrogens is 3. The van der Waals surface area contributed by atoms with Crippen molar-refractivity contribution in [3.63, 3.8) is 0 Å². The molecule has 3 N–H and O–H groups in total. The molecule has 0 saturated carbocycles. The van der Waals surface area contributed by atoms with Crippen LogP contribution in [0.2, 0.25) is 0 Å². The molecule has 102 valence electrons. The summed E-state index contributed by atoms with van der Waals surface area (Å²) in [5, 5.41) is 19.3. The number of anilines is 1. The van der Waals surface area contributed by atoms with E-state index in [2.05, 4.69) is 15.6 Å². The Morgan fingerprint density at radius 3 is 2.80 bits per heavy atom. The Balaban J connectivity index is 2.23. The Kier molecular flexibility index (Phi) is 4.42. The maximum absolute atomic E-state index is 11.6. The number of nitrogens with one attached hydrogen (secondary N) is 1. The van der Waals surface area contributed by atoms with Crippen LogP contribution in [0.3, 0.4) is 0 Å². The van der Waals surface area contributed by atoms with Gasteiger partial charge in [-0.2, -0.15) is 5.26 Å². The number of carbonyl (C=O) groups is 1. The second-order valence-corrected chi connectivity index (χ2v) is 4.13. The SMILES string of the molecule is N#Cc1nnn(Cc2ccccc2)c1NC(=O)CCN. The average Bonchev–Trinajstić information content (AvgIpc) is 2.82. The molecule has 7 nitrogen and oxygen atoms in total. The molecule has 0 saturated heterocycles. The van der Waals surface area contributed by atoms with Crippen LogP contribution in [0.5, 0.6) is 0 Å². The third-order valence-corrected chi connectivity index (χ3v) is 2.65. The highest BCUT2D eigenvalue weighted by molar-refractivity contribution is 5.90. The minimum atomic E-state index is -0.263. The predicted octanol–water partition coefficient (Wildman–Crippen LogP) is 0.485. The summed E-state index contributed by atoms with van der Waals surface area (Å²) in [5.74, 6) is 0.0374. The largest absolute Gasteiger partial charge is 0.330 e. The summed E-state index contributed by atoms with van der Waals surface area (Å²) >= 11 is 0. The quantitative estimate of drug-likeness (QED) is 0.821. The fourth-order valence-corrected chi connectivity index (χ4v) is 1.70. The number of carbonyl (C=O) groups excluding carboxylic acids is 1. The summed E-state index contributed by atoms with van der Waals surface area (Å²) in [6.07, 6.45) is 0.182. The highest BCUT2D eigenvalue weighted by Gasteiger charge is 2.15. The van der Waals surface area contributed by atoms with E-state index in [1.807, 2.05) is 36.4 Å². The topological polar surface area (TPSA) is 110 Å². The summed E-state index contributed by atoms with van der Waals surface area (Å²) in [7, 11) is 0. The molecule has 20 heavy (non-hydrogen) atoms. The number of nitriles is 1. The molecule has 0 radical (unpaired) electrons. The van der Waals surface area contributed by atoms with Crippen LogP contribution in [0.1, 0.15) is 17.7 Å². The second-order valence-electron chi connectivity index (χ2n) is 4.13. The van der Waals surface area contributed by atoms with E-state index in [0.717, 1.165) is 5.56 Å². The van der Waals surface area contributed by atoms with Gasteiger partial charge in [0.05, 0.1) is 6.54 Å². The van der Waals surface area contributed by atoms with Gasteiger partial charge < -0.3 is 11.1 Å². The predicted molar refractivity (Wildman–Crippen MR) is 72.6 cm³/mol. The lowest BCUT2D eigenvalue weighted by Crippen LogP contribution is -2.19. The number of amides is 1. The van der Waals surface area contributed by atoms with Gasteiger partial charge in [-0.15, -0.1) is 5.10 Å². The van der Waals surface area contributed by atoms with Crippen LogP contribution in [0, 0.1) is 11.3 Å². The summed E-state index contributed by atoms with van der Waals surface area (Å²) in [4.78, 5) is 11.6. The smallest absolute Gasteiger partial charge is 0.226 e. The van der Waals surface area contributed by atoms with Gasteiger partial charge in [0.2, 0.25) is 11.6 Å². The van der Waals surface area contributed by atoms with E-state index in [-0.39, 0.29) is 24.6 Å². The van der Waals surface area contributed by atoms with Crippen molar-refractivity contribution < 1.29 is 4.79 Å². The zero-order valence-electron chi connectivity index (χ0n) is 10.8. The number of benzene rings is 1. The lowest BCUT2D eigenvalue weighted by atomic mass is 10.2. The molecule has 1 aromatic heterocycles. The summed E-state index contributed by atoms with van der Waals surface area (Å²) in [6.45, 7) is 0.668. The fourth-order valence-electron chi connectivity index (χ4n) is 1.70. The maximum Gasteiger partial charge on any atom is 0.226 e. The van der Waals surface area contributed by atoms with Gasteiger partial charge in [-0.25, -0.2) is 4.68 Å². The van der Waals surface area contributed by atoms with Crippen LogP contribution in [0.25, 0.3) is 0 Å². The number of hydrogen-bond acceptors (Lipinski definition) is 5. The van der Waals surface area contributed by atoms with Gasteiger partial charge in [-0.1, -0.05) is 35.5 Å². The average molecular weight is 270 g/mol. The summed E-state index contributed by atoms with van der Waals surface area (Å²) in [5.41, 5.74) is 6.41. The Morgan fingerprint density at radius 2 is 2.15 bits per heavy atom. The molecule has 7 heteroatoms. The van der Waals surface area contributed by atoms with E-state index < -0.39 is 0 Å². The van der Waals surface area contributed by atoms with E-state index in [1.165, 1.54) is 4.68 Å². The molecule has 1 amide bonds. The van der Waals surface area contributed by atoms with Crippen LogP contribution >= 0.6 is 0 Å². The number of rotatable bonds is 5. The number of hydrogen-bond donors (Lipinski definition) is 2. The van der Waals surface area contributed by atoms with Crippen LogP contribution < -0.4 is 11.1 Å². The van der Waals surface area contributed by atoms with Crippen LogP contribution in [0.15, 0.2) is 30.3 Å². The first-order valence-corrected chi connectivity index (χ1v) is 6.12. The summed E-state index contributed by atoms with van der Waals surface area (Å²) < 4.78 is 1.49. The van der Waals surface area contributed by atoms with Crippen molar-refractivity contribution >= 4 is 11.7 Å². The molecule has 1 heterocycles. The molecule has 2 rings (SSSR count). The second kappa shape index (κ2) is 6.45. The first kappa shape index (κ1) is 13.7. The van der Waals surface area contributed by atoms with Crippen molar-refractivity contribution in [2.24, 2.45) is 5.73 Å². The molecule has 0 unspecified atom stereocenters. The minimum absolute atomic E-state index is 0.0892. The molecule has 0 fully saturated rings. The van der Waals surface area contributed by atoms with E-state index in [0.29, 0.717) is 12.4 Å². The third-order valence-electron chi connectivity index (χ3n) is 2.65. The van der Waals surface area contributed by atoms with E-state index in [9.17, 15) is 4.79 Å². The van der Waals surface area contributed by atoms with Crippen molar-refractivity contribution in [1.29, 1.82) is 5.26 Å². The molecule has 0 aliphatic carbocycles. The lowest BCUT2D eigenvalue weighted by molar-refractivity contribution is -0.116. The van der Waals surface area contributed by atoms with Crippen LogP contribution in [-0.4, -0.2) is 27.4 Å². The minimum Gasteiger partial charge on any atom is -0.330 e. The van der Waals surface area contributed by atoms with Gasteiger partial charge >= 0.3 is 0 Å². The molecule has 0 atom stereocenters. The molecular weight excluding hydrogens is 256 g/mol. The van der Waals surface area contributed by atoms with Crippen LogP contribution in [0.4, 0.5) is 5.82 Å². The molecule has 2 aromatic rings. The Morgan fingerprint density at radius 1 is 1.40 bits per heavy atom. The highest BCUT2D eigenvalue weighted by atomic mass is 16.1. The Bertz CT molecular complexity index is 628. The zero-order valence-corrected chi connectivity index (χ0v) is 10.8. The van der Waals surface area contributed by atoms with E-state index >= 15 is 0 Å². The number of nitrogens with two attached hydrogens (primary N) is 1. The van der Waals surface area contributed by atoms with Gasteiger partial charge in [-0.3, -0.25) is 4.79 Å². The zero-order chi connectivity index (χ0) is 14.4. The van der Waals surface area contributed by atoms with Crippen LogP contribution in [-0.2, 0) is 11.3 Å². The van der Waals surface area contributed by atoms with Crippen molar-refractivity contribution in [2.45, 2.75) is 13.0 Å². The highest BCUT2D eigenvalue weighted by Crippen LogP contribution is 2.14. The van der Waals surface area contributed by atoms with Crippen molar-refractivity contribution in [2.75, 3.05) is 11.9 Å². The number of nitrogens with zero attached hydrogens (tertiary/aromatic N) is 4. The van der Waals surface area contributed by atoms with E-state index in [1.54, 1.807) is 0 Å². The first-order valence-electron chi connectivity index (χ1n) is 6.12. The van der Waals surface area contributed by atoms with Gasteiger partial charge in [-0.05, 0) is 5.56 Å². The van der Waals surface area contributed by atoms with E-state index in [4.69, 9.17) is 11.0 Å². The Labute approximate surface area is 116 Å². The molecule has 0 aliphatic rings. The molecule has 1 aromatic carbocycles. The molecular formula is C13H14N6O. The van der Waals surface area contributed by atoms with Crippen molar-refractivity contribution in [3.05, 3.63) is 41.6 Å². The van der Waals surface area contributed by atoms with Gasteiger partial charge in [0.1, 0.15) is 6.07 Å². The lowest BCUT2D eigenvalue weighted by Gasteiger charge is -2.07. The third kappa shape index (κ3) is 3.18. The van der Waals surface area contributed by atoms with Gasteiger partial charge in [0.25, 0.3) is 0 Å². The molecule has 0 aliphatic heterocycles. The molecule has 0 bridgehead atoms. The maximum atomic E-state index is 11.6. The summed E-state index contributed by atoms with van der Waals surface area (Å²) in [6, 6.07) is 11.5. The van der Waals surface area contributed by atoms with Gasteiger partial charge in [0, 0.05) is 13.0 Å². The Hall–Kier alpha value is -2.72. The van der Waals surface area contributed by atoms with Gasteiger partial charge in [0.15, 0.2) is 5.82 Å².